The van der Waals surface area contributed by atoms with Gasteiger partial charge in [-0.3, -0.25) is 14.6 Å². The Morgan fingerprint density at radius 3 is 2.44 bits per heavy atom. The van der Waals surface area contributed by atoms with Gasteiger partial charge in [0.1, 0.15) is 4.90 Å². The fourth-order valence-electron chi connectivity index (χ4n) is 2.45. The molecule has 25 heavy (non-hydrogen) atoms. The minimum atomic E-state index is -3.59. The molecule has 0 atom stereocenters. The van der Waals surface area contributed by atoms with Crippen LogP contribution in [0.2, 0.25) is 0 Å². The molecule has 8 heteroatoms. The molecule has 0 N–H and O–H groups in total. The highest BCUT2D eigenvalue weighted by Crippen LogP contribution is 2.24. The molecule has 0 bridgehead atoms. The van der Waals surface area contributed by atoms with Crippen molar-refractivity contribution in [1.29, 1.82) is 0 Å². The number of nitrogens with zero attached hydrogens (tertiary/aromatic N) is 2. The van der Waals surface area contributed by atoms with Crippen molar-refractivity contribution in [2.24, 2.45) is 11.3 Å². The number of aromatic nitrogens is 1. The van der Waals surface area contributed by atoms with Crippen molar-refractivity contribution in [3.63, 3.8) is 0 Å². The highest BCUT2D eigenvalue weighted by Gasteiger charge is 2.33. The zero-order valence-electron chi connectivity index (χ0n) is 14.8. The van der Waals surface area contributed by atoms with E-state index in [1.165, 1.54) is 22.8 Å². The lowest BCUT2D eigenvalue weighted by Crippen LogP contribution is -2.41. The van der Waals surface area contributed by atoms with E-state index in [1.54, 1.807) is 26.8 Å². The van der Waals surface area contributed by atoms with Crippen LogP contribution >= 0.6 is 0 Å². The number of carbonyl (C=O) groups excluding carboxylic acids is 2. The number of Topliss-reactive ketones (excluding diaryl/α,β-unsaturated/α-hetero) is 1. The Morgan fingerprint density at radius 2 is 1.92 bits per heavy atom. The van der Waals surface area contributed by atoms with Gasteiger partial charge in [-0.15, -0.1) is 0 Å². The van der Waals surface area contributed by atoms with Crippen LogP contribution in [0.3, 0.4) is 0 Å². The maximum atomic E-state index is 12.5. The van der Waals surface area contributed by atoms with Crippen molar-refractivity contribution in [3.05, 3.63) is 24.5 Å². The van der Waals surface area contributed by atoms with E-state index in [4.69, 9.17) is 4.74 Å². The van der Waals surface area contributed by atoms with E-state index in [2.05, 4.69) is 4.98 Å². The lowest BCUT2D eigenvalue weighted by molar-refractivity contribution is -0.154. The van der Waals surface area contributed by atoms with E-state index in [0.29, 0.717) is 12.8 Å². The number of ether oxygens (including phenoxy) is 1. The van der Waals surface area contributed by atoms with E-state index >= 15 is 0 Å². The van der Waals surface area contributed by atoms with Gasteiger partial charge in [-0.25, -0.2) is 8.42 Å². The number of hydrogen-bond donors (Lipinski definition) is 0. The van der Waals surface area contributed by atoms with Crippen LogP contribution in [0.15, 0.2) is 29.4 Å². The Bertz CT molecular complexity index is 717. The molecule has 7 nitrogen and oxygen atoms in total. The molecule has 1 aromatic rings. The van der Waals surface area contributed by atoms with Crippen molar-refractivity contribution in [3.8, 4) is 0 Å². The van der Waals surface area contributed by atoms with Crippen molar-refractivity contribution in [2.45, 2.75) is 38.5 Å². The Kier molecular flexibility index (Phi) is 5.95. The van der Waals surface area contributed by atoms with E-state index in [0.717, 1.165) is 0 Å². The standard InChI is InChI=1S/C17H24N2O5S/c1-17(2,3)15(20)12-24-16(21)13-6-9-19(10-7-13)25(22,23)14-5-4-8-18-11-14/h4-5,8,11,13H,6-7,9-10,12H2,1-3H3. The first kappa shape index (κ1) is 19.5. The molecule has 0 spiro atoms. The predicted molar refractivity (Wildman–Crippen MR) is 91.1 cm³/mol. The van der Waals surface area contributed by atoms with Crippen molar-refractivity contribution < 1.29 is 22.7 Å². The maximum Gasteiger partial charge on any atom is 0.309 e. The fourth-order valence-corrected chi connectivity index (χ4v) is 3.89. The van der Waals surface area contributed by atoms with E-state index in [9.17, 15) is 18.0 Å². The first-order valence-corrected chi connectivity index (χ1v) is 9.66. The largest absolute Gasteiger partial charge is 0.457 e. The third-order valence-electron chi connectivity index (χ3n) is 4.24. The minimum absolute atomic E-state index is 0.141. The summed E-state index contributed by atoms with van der Waals surface area (Å²) in [5, 5.41) is 0. The summed E-state index contributed by atoms with van der Waals surface area (Å²) >= 11 is 0. The molecule has 0 aromatic carbocycles. The zero-order chi connectivity index (χ0) is 18.7. The van der Waals surface area contributed by atoms with Gasteiger partial charge in [0.15, 0.2) is 12.4 Å². The van der Waals surface area contributed by atoms with Gasteiger partial charge in [0.25, 0.3) is 0 Å². The zero-order valence-corrected chi connectivity index (χ0v) is 15.6. The van der Waals surface area contributed by atoms with Gasteiger partial charge in [0.2, 0.25) is 10.0 Å². The molecule has 1 aliphatic heterocycles. The average molecular weight is 368 g/mol. The summed E-state index contributed by atoms with van der Waals surface area (Å²) in [7, 11) is -3.59. The maximum absolute atomic E-state index is 12.5. The van der Waals surface area contributed by atoms with Crippen LogP contribution < -0.4 is 0 Å². The number of sulfonamides is 1. The number of carbonyl (C=O) groups is 2. The van der Waals surface area contributed by atoms with Crippen LogP contribution in [0.5, 0.6) is 0 Å². The molecule has 1 aliphatic rings. The normalized spacial score (nSPS) is 17.2. The average Bonchev–Trinajstić information content (AvgIpc) is 2.59. The molecule has 1 fully saturated rings. The SMILES string of the molecule is CC(C)(C)C(=O)COC(=O)C1CCN(S(=O)(=O)c2cccnc2)CC1. The number of esters is 1. The van der Waals surface area contributed by atoms with Crippen LogP contribution in [0.4, 0.5) is 0 Å². The summed E-state index contributed by atoms with van der Waals surface area (Å²) in [5.41, 5.74) is -0.554. The molecule has 2 rings (SSSR count). The summed E-state index contributed by atoms with van der Waals surface area (Å²) in [6.45, 7) is 5.55. The molecule has 0 unspecified atom stereocenters. The van der Waals surface area contributed by atoms with Crippen LogP contribution in [0.25, 0.3) is 0 Å². The van der Waals surface area contributed by atoms with Gasteiger partial charge in [-0.05, 0) is 25.0 Å². The van der Waals surface area contributed by atoms with Gasteiger partial charge in [-0.1, -0.05) is 20.8 Å². The van der Waals surface area contributed by atoms with Crippen LogP contribution in [0.1, 0.15) is 33.6 Å². The first-order valence-electron chi connectivity index (χ1n) is 8.22. The Labute approximate surface area is 148 Å². The molecular weight excluding hydrogens is 344 g/mol. The molecule has 2 heterocycles. The highest BCUT2D eigenvalue weighted by molar-refractivity contribution is 7.89. The highest BCUT2D eigenvalue weighted by atomic mass is 32.2. The monoisotopic (exact) mass is 368 g/mol. The van der Waals surface area contributed by atoms with E-state index < -0.39 is 21.4 Å². The van der Waals surface area contributed by atoms with Gasteiger partial charge in [0.05, 0.1) is 5.92 Å². The van der Waals surface area contributed by atoms with Gasteiger partial charge in [-0.2, -0.15) is 4.31 Å². The van der Waals surface area contributed by atoms with E-state index in [1.807, 2.05) is 0 Å². The Hall–Kier alpha value is -1.80. The lowest BCUT2D eigenvalue weighted by atomic mass is 9.91. The van der Waals surface area contributed by atoms with Crippen molar-refractivity contribution in [1.82, 2.24) is 9.29 Å². The first-order chi connectivity index (χ1) is 11.6. The third kappa shape index (κ3) is 4.85. The summed E-state index contributed by atoms with van der Waals surface area (Å²) < 4.78 is 31.5. The molecule has 0 radical (unpaired) electrons. The smallest absolute Gasteiger partial charge is 0.309 e. The van der Waals surface area contributed by atoms with Gasteiger partial charge < -0.3 is 4.74 Å². The summed E-state index contributed by atoms with van der Waals surface area (Å²) in [4.78, 5) is 27.9. The minimum Gasteiger partial charge on any atom is -0.457 e. The number of ketones is 1. The molecule has 138 valence electrons. The Morgan fingerprint density at radius 1 is 1.28 bits per heavy atom. The van der Waals surface area contributed by atoms with Crippen molar-refractivity contribution in [2.75, 3.05) is 19.7 Å². The number of hydrogen-bond acceptors (Lipinski definition) is 6. The number of pyridine rings is 1. The predicted octanol–water partition coefficient (Wildman–Crippen LogP) is 1.64. The summed E-state index contributed by atoms with van der Waals surface area (Å²) in [5.74, 6) is -0.957. The molecule has 1 saturated heterocycles. The second kappa shape index (κ2) is 7.61. The second-order valence-electron chi connectivity index (χ2n) is 7.15. The second-order valence-corrected chi connectivity index (χ2v) is 9.09. The van der Waals surface area contributed by atoms with Crippen LogP contribution in [0, 0.1) is 11.3 Å². The third-order valence-corrected chi connectivity index (χ3v) is 6.12. The molecule has 1 aromatic heterocycles. The van der Waals surface area contributed by atoms with Crippen molar-refractivity contribution >= 4 is 21.8 Å². The summed E-state index contributed by atoms with van der Waals surface area (Å²) in [6.07, 6.45) is 3.58. The molecule has 0 amide bonds. The summed E-state index contributed by atoms with van der Waals surface area (Å²) in [6, 6.07) is 3.07. The van der Waals surface area contributed by atoms with Crippen LogP contribution in [-0.4, -0.2) is 49.2 Å². The molecular formula is C17H24N2O5S. The molecule has 0 saturated carbocycles. The topological polar surface area (TPSA) is 93.6 Å². The number of rotatable bonds is 5. The Balaban J connectivity index is 1.89. The van der Waals surface area contributed by atoms with Gasteiger partial charge >= 0.3 is 5.97 Å². The van der Waals surface area contributed by atoms with E-state index in [-0.39, 0.29) is 36.3 Å². The number of piperidine rings is 1. The van der Waals surface area contributed by atoms with Gasteiger partial charge in [0, 0.05) is 30.9 Å². The lowest BCUT2D eigenvalue weighted by Gasteiger charge is -2.30. The van der Waals surface area contributed by atoms with Crippen LogP contribution in [-0.2, 0) is 24.3 Å². The molecule has 0 aliphatic carbocycles. The quantitative estimate of drug-likeness (QED) is 0.734. The fraction of sp³-hybridized carbons (Fsp3) is 0.588.